The van der Waals surface area contributed by atoms with Crippen LogP contribution in [0.1, 0.15) is 109 Å². The number of carbonyl (C=O) groups excluding carboxylic acids is 4. The molecule has 6 heteroatoms. The fourth-order valence-corrected chi connectivity index (χ4v) is 8.88. The molecule has 6 aliphatic carbocycles. The maximum Gasteiger partial charge on any atom is 0.144 e. The highest BCUT2D eigenvalue weighted by Gasteiger charge is 2.46. The standard InChI is InChI=1S/C31H44O6/c32-28-16-30(34)26-14-22(9-11-24(26)28)36-20-5-1-18(2-6-20)13-19-3-7-21(8-4-19)37-23-10-12-25-27(15-23)31(35)17-29(25)33/h18-27H,1-17H2. The molecule has 0 aliphatic heterocycles. The van der Waals surface area contributed by atoms with Gasteiger partial charge in [0.2, 0.25) is 0 Å². The minimum atomic E-state index is -0.0638. The summed E-state index contributed by atoms with van der Waals surface area (Å²) < 4.78 is 12.9. The number of ether oxygens (including phenoxy) is 2. The zero-order chi connectivity index (χ0) is 25.5. The lowest BCUT2D eigenvalue weighted by Crippen LogP contribution is -2.35. The van der Waals surface area contributed by atoms with Crippen molar-refractivity contribution in [1.82, 2.24) is 0 Å². The molecule has 6 nitrogen and oxygen atoms in total. The van der Waals surface area contributed by atoms with E-state index < -0.39 is 0 Å². The Hall–Kier alpha value is -1.40. The summed E-state index contributed by atoms with van der Waals surface area (Å²) in [6.07, 6.45) is 17.2. The molecule has 0 aromatic rings. The van der Waals surface area contributed by atoms with Crippen molar-refractivity contribution in [2.75, 3.05) is 0 Å². The lowest BCUT2D eigenvalue weighted by molar-refractivity contribution is -0.126. The second-order valence-electron chi connectivity index (χ2n) is 13.3. The van der Waals surface area contributed by atoms with Crippen LogP contribution in [0.2, 0.25) is 0 Å². The number of hydrogen-bond acceptors (Lipinski definition) is 6. The molecule has 0 aromatic carbocycles. The van der Waals surface area contributed by atoms with E-state index in [4.69, 9.17) is 9.47 Å². The largest absolute Gasteiger partial charge is 0.375 e. The first-order chi connectivity index (χ1) is 17.9. The van der Waals surface area contributed by atoms with Crippen LogP contribution in [0.3, 0.4) is 0 Å². The fourth-order valence-electron chi connectivity index (χ4n) is 8.88. The van der Waals surface area contributed by atoms with Gasteiger partial charge in [-0.25, -0.2) is 0 Å². The summed E-state index contributed by atoms with van der Waals surface area (Å²) >= 11 is 0. The molecule has 0 N–H and O–H groups in total. The van der Waals surface area contributed by atoms with E-state index in [0.29, 0.717) is 12.2 Å². The third kappa shape index (κ3) is 5.66. The van der Waals surface area contributed by atoms with E-state index in [1.165, 1.54) is 32.1 Å². The molecule has 6 saturated carbocycles. The van der Waals surface area contributed by atoms with Gasteiger partial charge in [-0.05, 0) is 108 Å². The lowest BCUT2D eigenvalue weighted by Gasteiger charge is -2.38. The number of hydrogen-bond donors (Lipinski definition) is 0. The van der Waals surface area contributed by atoms with Crippen LogP contribution in [-0.2, 0) is 28.7 Å². The van der Waals surface area contributed by atoms with E-state index in [1.54, 1.807) is 0 Å². The first kappa shape index (κ1) is 25.9. The van der Waals surface area contributed by atoms with Crippen LogP contribution in [-0.4, -0.2) is 47.5 Å². The lowest BCUT2D eigenvalue weighted by atomic mass is 9.76. The zero-order valence-electron chi connectivity index (χ0n) is 22.2. The summed E-state index contributed by atoms with van der Waals surface area (Å²) in [5, 5.41) is 0. The highest BCUT2D eigenvalue weighted by atomic mass is 16.5. The SMILES string of the molecule is O=C1CC(=O)C2CC(OC3CCC(CC4CCC(OC5CCC6C(=O)CC(=O)C6C5)CC4)CC3)CCC12. The number of Topliss-reactive ketones (excluding diaryl/α,β-unsaturated/α-hetero) is 4. The van der Waals surface area contributed by atoms with E-state index >= 15 is 0 Å². The number of fused-ring (bicyclic) bond motifs is 2. The Balaban J connectivity index is 0.875. The number of ketones is 4. The Kier molecular flexibility index (Phi) is 7.68. The normalized spacial score (nSPS) is 44.6. The smallest absolute Gasteiger partial charge is 0.144 e. The zero-order valence-corrected chi connectivity index (χ0v) is 22.2. The van der Waals surface area contributed by atoms with Crippen LogP contribution < -0.4 is 0 Å². The molecule has 6 rings (SSSR count). The summed E-state index contributed by atoms with van der Waals surface area (Å²) in [5.74, 6) is 2.08. The van der Waals surface area contributed by atoms with Gasteiger partial charge in [-0.2, -0.15) is 0 Å². The van der Waals surface area contributed by atoms with Gasteiger partial charge in [-0.15, -0.1) is 0 Å². The molecule has 0 radical (unpaired) electrons. The van der Waals surface area contributed by atoms with Crippen LogP contribution in [0.25, 0.3) is 0 Å². The highest BCUT2D eigenvalue weighted by molar-refractivity contribution is 6.09. The Morgan fingerprint density at radius 3 is 1.19 bits per heavy atom. The molecule has 0 spiro atoms. The average molecular weight is 513 g/mol. The molecule has 6 aliphatic rings. The van der Waals surface area contributed by atoms with Crippen molar-refractivity contribution in [2.45, 2.75) is 134 Å². The predicted octanol–water partition coefficient (Wildman–Crippen LogP) is 5.18. The van der Waals surface area contributed by atoms with Crippen molar-refractivity contribution < 1.29 is 28.7 Å². The molecule has 0 bridgehead atoms. The molecule has 0 heterocycles. The number of carbonyl (C=O) groups is 4. The molecule has 0 saturated heterocycles. The summed E-state index contributed by atoms with van der Waals surface area (Å²) in [6.45, 7) is 0. The van der Waals surface area contributed by atoms with Gasteiger partial charge >= 0.3 is 0 Å². The van der Waals surface area contributed by atoms with Crippen LogP contribution >= 0.6 is 0 Å². The number of rotatable bonds is 6. The van der Waals surface area contributed by atoms with E-state index in [2.05, 4.69) is 0 Å². The second kappa shape index (κ2) is 11.0. The average Bonchev–Trinajstić information content (AvgIpc) is 3.34. The monoisotopic (exact) mass is 512 g/mol. The van der Waals surface area contributed by atoms with E-state index in [0.717, 1.165) is 76.0 Å². The highest BCUT2D eigenvalue weighted by Crippen LogP contribution is 2.43. The van der Waals surface area contributed by atoms with Crippen molar-refractivity contribution in [3.63, 3.8) is 0 Å². The van der Waals surface area contributed by atoms with Gasteiger partial charge in [0.25, 0.3) is 0 Å². The first-order valence-electron chi connectivity index (χ1n) is 15.3. The van der Waals surface area contributed by atoms with Crippen molar-refractivity contribution in [3.05, 3.63) is 0 Å². The minimum absolute atomic E-state index is 0.0132. The van der Waals surface area contributed by atoms with E-state index in [1.807, 2.05) is 0 Å². The van der Waals surface area contributed by atoms with Crippen LogP contribution in [0.5, 0.6) is 0 Å². The van der Waals surface area contributed by atoms with Crippen LogP contribution in [0.15, 0.2) is 0 Å². The Morgan fingerprint density at radius 2 is 0.784 bits per heavy atom. The third-order valence-electron chi connectivity index (χ3n) is 11.0. The summed E-state index contributed by atoms with van der Waals surface area (Å²) in [5.41, 5.74) is 0. The van der Waals surface area contributed by atoms with E-state index in [9.17, 15) is 19.2 Å². The van der Waals surface area contributed by atoms with Crippen molar-refractivity contribution >= 4 is 23.1 Å². The molecule has 6 fully saturated rings. The Morgan fingerprint density at radius 1 is 0.432 bits per heavy atom. The van der Waals surface area contributed by atoms with Crippen molar-refractivity contribution in [2.24, 2.45) is 35.5 Å². The molecule has 0 amide bonds. The van der Waals surface area contributed by atoms with Gasteiger partial charge in [0.05, 0.1) is 37.3 Å². The van der Waals surface area contributed by atoms with Gasteiger partial charge < -0.3 is 9.47 Å². The maximum absolute atomic E-state index is 12.2. The Labute approximate surface area is 221 Å². The topological polar surface area (TPSA) is 86.7 Å². The molecule has 204 valence electrons. The molecule has 0 aromatic heterocycles. The van der Waals surface area contributed by atoms with Gasteiger partial charge in [0.1, 0.15) is 23.1 Å². The van der Waals surface area contributed by atoms with Gasteiger partial charge in [-0.1, -0.05) is 0 Å². The van der Waals surface area contributed by atoms with Crippen LogP contribution in [0, 0.1) is 35.5 Å². The summed E-state index contributed by atoms with van der Waals surface area (Å²) in [6, 6.07) is 0. The molecular weight excluding hydrogens is 468 g/mol. The van der Waals surface area contributed by atoms with Crippen molar-refractivity contribution in [3.8, 4) is 0 Å². The van der Waals surface area contributed by atoms with Gasteiger partial charge in [0.15, 0.2) is 0 Å². The van der Waals surface area contributed by atoms with Crippen LogP contribution in [0.4, 0.5) is 0 Å². The Bertz CT molecular complexity index is 823. The maximum atomic E-state index is 12.2. The quantitative estimate of drug-likeness (QED) is 0.456. The first-order valence-corrected chi connectivity index (χ1v) is 15.3. The predicted molar refractivity (Wildman–Crippen MR) is 137 cm³/mol. The third-order valence-corrected chi connectivity index (χ3v) is 11.0. The molecule has 6 atom stereocenters. The summed E-state index contributed by atoms with van der Waals surface area (Å²) in [7, 11) is 0. The molecule has 6 unspecified atom stereocenters. The minimum Gasteiger partial charge on any atom is -0.375 e. The van der Waals surface area contributed by atoms with E-state index in [-0.39, 0.29) is 71.9 Å². The molecule has 37 heavy (non-hydrogen) atoms. The van der Waals surface area contributed by atoms with Crippen molar-refractivity contribution in [1.29, 1.82) is 0 Å². The summed E-state index contributed by atoms with van der Waals surface area (Å²) in [4.78, 5) is 48.3. The van der Waals surface area contributed by atoms with Gasteiger partial charge in [-0.3, -0.25) is 19.2 Å². The second-order valence-corrected chi connectivity index (χ2v) is 13.3. The molecular formula is C31H44O6. The van der Waals surface area contributed by atoms with Gasteiger partial charge in [0, 0.05) is 23.7 Å². The fraction of sp³-hybridized carbons (Fsp3) is 0.871.